The van der Waals surface area contributed by atoms with E-state index in [0.29, 0.717) is 23.4 Å². The predicted octanol–water partition coefficient (Wildman–Crippen LogP) is 4.18. The van der Waals surface area contributed by atoms with E-state index in [2.05, 4.69) is 15.3 Å². The number of benzene rings is 1. The molecule has 29 heavy (non-hydrogen) atoms. The minimum Gasteiger partial charge on any atom is -0.462 e. The van der Waals surface area contributed by atoms with Crippen LogP contribution in [-0.4, -0.2) is 28.5 Å². The molecule has 0 radical (unpaired) electrons. The lowest BCUT2D eigenvalue weighted by atomic mass is 10.0. The highest BCUT2D eigenvalue weighted by Gasteiger charge is 2.14. The number of amides is 1. The van der Waals surface area contributed by atoms with Crippen molar-refractivity contribution in [1.29, 1.82) is 0 Å². The molecule has 3 rings (SSSR count). The first-order chi connectivity index (χ1) is 14.1. The number of esters is 1. The molecule has 2 aromatic heterocycles. The first-order valence-electron chi connectivity index (χ1n) is 9.33. The summed E-state index contributed by atoms with van der Waals surface area (Å²) in [7, 11) is 0. The van der Waals surface area contributed by atoms with Gasteiger partial charge in [-0.1, -0.05) is 26.0 Å². The molecular formula is C22H24N4O3. The van der Waals surface area contributed by atoms with Gasteiger partial charge in [-0.3, -0.25) is 9.78 Å². The molecule has 0 spiro atoms. The van der Waals surface area contributed by atoms with Crippen LogP contribution in [0, 0.1) is 0 Å². The van der Waals surface area contributed by atoms with Gasteiger partial charge in [0.05, 0.1) is 17.7 Å². The summed E-state index contributed by atoms with van der Waals surface area (Å²) in [4.78, 5) is 32.3. The number of hydrogen-bond donors (Lipinski definition) is 2. The number of nitrogens with two attached hydrogens (primary N) is 1. The van der Waals surface area contributed by atoms with E-state index in [1.807, 2.05) is 13.8 Å². The average molecular weight is 392 g/mol. The SMILES string of the molecule is CC.CCOC(=O)c1ccc(-c2cnc(N)c(C(=O)Nc3ccncc3)c2)cc1. The molecule has 0 aliphatic rings. The molecule has 7 heteroatoms. The van der Waals surface area contributed by atoms with E-state index in [1.165, 1.54) is 0 Å². The van der Waals surface area contributed by atoms with Gasteiger partial charge in [0.15, 0.2) is 0 Å². The predicted molar refractivity (Wildman–Crippen MR) is 114 cm³/mol. The van der Waals surface area contributed by atoms with Gasteiger partial charge in [-0.15, -0.1) is 0 Å². The molecule has 7 nitrogen and oxygen atoms in total. The van der Waals surface area contributed by atoms with Crippen LogP contribution in [0.5, 0.6) is 0 Å². The maximum absolute atomic E-state index is 12.5. The summed E-state index contributed by atoms with van der Waals surface area (Å²) in [6.07, 6.45) is 4.75. The summed E-state index contributed by atoms with van der Waals surface area (Å²) in [6, 6.07) is 11.9. The summed E-state index contributed by atoms with van der Waals surface area (Å²) < 4.78 is 4.97. The van der Waals surface area contributed by atoms with Crippen LogP contribution in [0.25, 0.3) is 11.1 Å². The fourth-order valence-electron chi connectivity index (χ4n) is 2.46. The van der Waals surface area contributed by atoms with Crippen molar-refractivity contribution in [3.63, 3.8) is 0 Å². The standard InChI is InChI=1S/C20H18N4O3.C2H6/c1-2-27-20(26)14-5-3-13(4-6-14)15-11-17(18(21)23-12-15)19(25)24-16-7-9-22-10-8-16;1-2/h3-12H,2H2,1H3,(H2,21,23)(H,22,24,25);1-2H3. The van der Waals surface area contributed by atoms with Crippen molar-refractivity contribution in [2.24, 2.45) is 0 Å². The third-order valence-electron chi connectivity index (χ3n) is 3.83. The monoisotopic (exact) mass is 392 g/mol. The van der Waals surface area contributed by atoms with E-state index < -0.39 is 0 Å². The molecule has 0 fully saturated rings. The quantitative estimate of drug-likeness (QED) is 0.631. The minimum atomic E-state index is -0.378. The van der Waals surface area contributed by atoms with Crippen molar-refractivity contribution < 1.29 is 14.3 Å². The van der Waals surface area contributed by atoms with Crippen LogP contribution in [0.1, 0.15) is 41.5 Å². The largest absolute Gasteiger partial charge is 0.462 e. The number of carbonyl (C=O) groups is 2. The number of ether oxygens (including phenoxy) is 1. The summed E-state index contributed by atoms with van der Waals surface area (Å²) in [5.74, 6) is -0.610. The number of carbonyl (C=O) groups excluding carboxylic acids is 2. The molecule has 0 aliphatic carbocycles. The molecule has 0 saturated carbocycles. The molecule has 3 aromatic rings. The van der Waals surface area contributed by atoms with E-state index in [-0.39, 0.29) is 23.3 Å². The second-order valence-electron chi connectivity index (χ2n) is 5.64. The van der Waals surface area contributed by atoms with Gasteiger partial charge < -0.3 is 15.8 Å². The molecule has 0 atom stereocenters. The molecule has 0 saturated heterocycles. The second kappa shape index (κ2) is 10.6. The number of nitrogens with one attached hydrogen (secondary N) is 1. The lowest BCUT2D eigenvalue weighted by molar-refractivity contribution is 0.0526. The highest BCUT2D eigenvalue weighted by Crippen LogP contribution is 2.23. The maximum atomic E-state index is 12.5. The molecular weight excluding hydrogens is 368 g/mol. The number of hydrogen-bond acceptors (Lipinski definition) is 6. The Morgan fingerprint density at radius 1 is 1.03 bits per heavy atom. The Morgan fingerprint density at radius 3 is 2.31 bits per heavy atom. The van der Waals surface area contributed by atoms with Gasteiger partial charge in [-0.05, 0) is 42.8 Å². The van der Waals surface area contributed by atoms with Gasteiger partial charge in [-0.2, -0.15) is 0 Å². The fourth-order valence-corrected chi connectivity index (χ4v) is 2.46. The summed E-state index contributed by atoms with van der Waals surface area (Å²) in [5.41, 5.74) is 8.71. The average Bonchev–Trinajstić information content (AvgIpc) is 2.76. The van der Waals surface area contributed by atoms with E-state index in [0.717, 1.165) is 5.56 Å². The first kappa shape index (κ1) is 21.6. The fraction of sp³-hybridized carbons (Fsp3) is 0.182. The molecule has 150 valence electrons. The van der Waals surface area contributed by atoms with Crippen molar-refractivity contribution in [1.82, 2.24) is 9.97 Å². The van der Waals surface area contributed by atoms with Crippen molar-refractivity contribution >= 4 is 23.4 Å². The van der Waals surface area contributed by atoms with Gasteiger partial charge in [-0.25, -0.2) is 9.78 Å². The van der Waals surface area contributed by atoms with Crippen LogP contribution < -0.4 is 11.1 Å². The van der Waals surface area contributed by atoms with Crippen LogP contribution in [0.4, 0.5) is 11.5 Å². The number of anilines is 2. The number of nitrogen functional groups attached to an aromatic ring is 1. The third-order valence-corrected chi connectivity index (χ3v) is 3.83. The number of nitrogens with zero attached hydrogens (tertiary/aromatic N) is 2. The Balaban J connectivity index is 0.00000145. The lowest BCUT2D eigenvalue weighted by Gasteiger charge is -2.09. The molecule has 1 amide bonds. The number of rotatable bonds is 5. The van der Waals surface area contributed by atoms with E-state index in [4.69, 9.17) is 10.5 Å². The summed E-state index contributed by atoms with van der Waals surface area (Å²) in [6.45, 7) is 6.07. The minimum absolute atomic E-state index is 0.133. The van der Waals surface area contributed by atoms with Crippen molar-refractivity contribution in [2.45, 2.75) is 20.8 Å². The first-order valence-corrected chi connectivity index (χ1v) is 9.33. The topological polar surface area (TPSA) is 107 Å². The summed E-state index contributed by atoms with van der Waals surface area (Å²) in [5, 5.41) is 2.76. The molecule has 0 bridgehead atoms. The smallest absolute Gasteiger partial charge is 0.338 e. The number of pyridine rings is 2. The Hall–Kier alpha value is -3.74. The number of aromatic nitrogens is 2. The Morgan fingerprint density at radius 2 is 1.69 bits per heavy atom. The maximum Gasteiger partial charge on any atom is 0.338 e. The zero-order valence-corrected chi connectivity index (χ0v) is 16.7. The van der Waals surface area contributed by atoms with Crippen LogP contribution >= 0.6 is 0 Å². The zero-order chi connectivity index (χ0) is 21.2. The van der Waals surface area contributed by atoms with E-state index in [1.54, 1.807) is 68.0 Å². The van der Waals surface area contributed by atoms with Gasteiger partial charge in [0, 0.05) is 29.8 Å². The molecule has 3 N–H and O–H groups in total. The van der Waals surface area contributed by atoms with Crippen LogP contribution in [0.15, 0.2) is 61.1 Å². The van der Waals surface area contributed by atoms with Gasteiger partial charge in [0.25, 0.3) is 5.91 Å². The van der Waals surface area contributed by atoms with Gasteiger partial charge in [0.1, 0.15) is 5.82 Å². The third kappa shape index (κ3) is 5.62. The van der Waals surface area contributed by atoms with E-state index >= 15 is 0 Å². The van der Waals surface area contributed by atoms with Crippen LogP contribution in [0.2, 0.25) is 0 Å². The van der Waals surface area contributed by atoms with Crippen molar-refractivity contribution in [3.05, 3.63) is 72.2 Å². The lowest BCUT2D eigenvalue weighted by Crippen LogP contribution is -2.15. The Labute approximate surface area is 170 Å². The molecule has 1 aromatic carbocycles. The van der Waals surface area contributed by atoms with Crippen molar-refractivity contribution in [2.75, 3.05) is 17.7 Å². The highest BCUT2D eigenvalue weighted by molar-refractivity contribution is 6.07. The van der Waals surface area contributed by atoms with Crippen LogP contribution in [0.3, 0.4) is 0 Å². The van der Waals surface area contributed by atoms with Crippen molar-refractivity contribution in [3.8, 4) is 11.1 Å². The zero-order valence-electron chi connectivity index (χ0n) is 16.7. The van der Waals surface area contributed by atoms with Gasteiger partial charge >= 0.3 is 5.97 Å². The Kier molecular flexibility index (Phi) is 7.85. The second-order valence-corrected chi connectivity index (χ2v) is 5.64. The summed E-state index contributed by atoms with van der Waals surface area (Å²) >= 11 is 0. The molecule has 2 heterocycles. The van der Waals surface area contributed by atoms with Crippen LogP contribution in [-0.2, 0) is 4.74 Å². The van der Waals surface area contributed by atoms with E-state index in [9.17, 15) is 9.59 Å². The Bertz CT molecular complexity index is 958. The highest BCUT2D eigenvalue weighted by atomic mass is 16.5. The molecule has 0 unspecified atom stereocenters. The normalized spacial score (nSPS) is 9.76. The van der Waals surface area contributed by atoms with Gasteiger partial charge in [0.2, 0.25) is 0 Å². The molecule has 0 aliphatic heterocycles.